The second kappa shape index (κ2) is 7.47. The minimum Gasteiger partial charge on any atom is -0.254 e. The molecular formula is C34H22N2. The molecule has 0 amide bonds. The molecule has 0 saturated heterocycles. The van der Waals surface area contributed by atoms with Crippen LogP contribution in [0.5, 0.6) is 0 Å². The van der Waals surface area contributed by atoms with Crippen molar-refractivity contribution in [2.24, 2.45) is 0 Å². The molecule has 0 aliphatic heterocycles. The third kappa shape index (κ3) is 2.85. The molecule has 4 aromatic carbocycles. The standard InChI is InChI=1S/C34H22N2/c1-4-21-9-10-23-13-16-28(29-17-14-22(5-1)31(21)32(23)29)26-6-2-7-27(20-26)30-18-15-25-12-11-24-8-3-19-35-33(24)34(25)36-30/h1-3,5-9,11-20H,4,10H2. The minimum atomic E-state index is 0.951. The molecule has 0 saturated carbocycles. The quantitative estimate of drug-likeness (QED) is 0.243. The maximum Gasteiger partial charge on any atom is 0.0972 e. The van der Waals surface area contributed by atoms with Crippen molar-refractivity contribution in [1.82, 2.24) is 9.97 Å². The van der Waals surface area contributed by atoms with Crippen LogP contribution < -0.4 is 0 Å². The molecule has 0 unspecified atom stereocenters. The number of aromatic nitrogens is 2. The van der Waals surface area contributed by atoms with E-state index in [4.69, 9.17) is 4.98 Å². The van der Waals surface area contributed by atoms with Crippen molar-refractivity contribution in [3.63, 3.8) is 0 Å². The van der Waals surface area contributed by atoms with E-state index >= 15 is 0 Å². The van der Waals surface area contributed by atoms with Crippen LogP contribution in [0.15, 0.2) is 103 Å². The second-order valence-corrected chi connectivity index (χ2v) is 9.75. The number of hydrogen-bond donors (Lipinski definition) is 0. The summed E-state index contributed by atoms with van der Waals surface area (Å²) in [4.78, 5) is 9.71. The first-order chi connectivity index (χ1) is 17.8. The number of fused-ring (bicyclic) bond motifs is 3. The smallest absolute Gasteiger partial charge is 0.0972 e. The number of rotatable bonds is 2. The van der Waals surface area contributed by atoms with Gasteiger partial charge in [-0.05, 0) is 75.2 Å². The Morgan fingerprint density at radius 3 is 2.56 bits per heavy atom. The first-order valence-corrected chi connectivity index (χ1v) is 12.5. The summed E-state index contributed by atoms with van der Waals surface area (Å²) in [5, 5.41) is 4.99. The molecule has 8 rings (SSSR count). The first kappa shape index (κ1) is 19.7. The molecule has 0 N–H and O–H groups in total. The first-order valence-electron chi connectivity index (χ1n) is 12.5. The summed E-state index contributed by atoms with van der Waals surface area (Å²) in [5.74, 6) is 0. The molecule has 2 aliphatic rings. The van der Waals surface area contributed by atoms with Crippen molar-refractivity contribution in [3.8, 4) is 22.4 Å². The Morgan fingerprint density at radius 2 is 1.58 bits per heavy atom. The fourth-order valence-electron chi connectivity index (χ4n) is 6.00. The highest BCUT2D eigenvalue weighted by Crippen LogP contribution is 2.43. The zero-order valence-electron chi connectivity index (χ0n) is 19.7. The molecule has 2 aliphatic carbocycles. The lowest BCUT2D eigenvalue weighted by atomic mass is 9.80. The number of benzene rings is 4. The molecule has 0 bridgehead atoms. The van der Waals surface area contributed by atoms with Crippen LogP contribution in [0.25, 0.3) is 66.6 Å². The number of pyridine rings is 2. The van der Waals surface area contributed by atoms with E-state index < -0.39 is 0 Å². The second-order valence-electron chi connectivity index (χ2n) is 9.75. The van der Waals surface area contributed by atoms with Gasteiger partial charge in [-0.2, -0.15) is 0 Å². The number of nitrogens with zero attached hydrogens (tertiary/aromatic N) is 2. The Bertz CT molecular complexity index is 1940. The Kier molecular flexibility index (Phi) is 4.09. The van der Waals surface area contributed by atoms with Gasteiger partial charge >= 0.3 is 0 Å². The summed E-state index contributed by atoms with van der Waals surface area (Å²) >= 11 is 0. The molecule has 0 radical (unpaired) electrons. The van der Waals surface area contributed by atoms with Gasteiger partial charge < -0.3 is 0 Å². The van der Waals surface area contributed by atoms with E-state index in [0.29, 0.717) is 0 Å². The zero-order valence-corrected chi connectivity index (χ0v) is 19.7. The topological polar surface area (TPSA) is 25.8 Å². The molecule has 2 heterocycles. The van der Waals surface area contributed by atoms with Crippen molar-refractivity contribution in [2.75, 3.05) is 0 Å². The van der Waals surface area contributed by atoms with Gasteiger partial charge in [-0.25, -0.2) is 4.98 Å². The lowest BCUT2D eigenvalue weighted by Gasteiger charge is -2.24. The highest BCUT2D eigenvalue weighted by molar-refractivity contribution is 6.08. The summed E-state index contributed by atoms with van der Waals surface area (Å²) in [6.45, 7) is 0. The average molecular weight is 459 g/mol. The van der Waals surface area contributed by atoms with Crippen molar-refractivity contribution in [2.45, 2.75) is 12.8 Å². The van der Waals surface area contributed by atoms with Crippen LogP contribution in [0.2, 0.25) is 0 Å². The molecule has 36 heavy (non-hydrogen) atoms. The fourth-order valence-corrected chi connectivity index (χ4v) is 6.00. The van der Waals surface area contributed by atoms with Gasteiger partial charge in [0.25, 0.3) is 0 Å². The third-order valence-corrected chi connectivity index (χ3v) is 7.73. The van der Waals surface area contributed by atoms with Gasteiger partial charge in [-0.1, -0.05) is 85.0 Å². The SMILES string of the molecule is C1=Cc2ccc3c(-c4cccc(-c5ccc6ccc7cccnc7c6n5)c4)ccc4c3c2C(=CC4)C1. The maximum absolute atomic E-state index is 5.08. The Hall–Kier alpha value is -4.56. The third-order valence-electron chi connectivity index (χ3n) is 7.73. The van der Waals surface area contributed by atoms with Gasteiger partial charge in [0, 0.05) is 22.5 Å². The van der Waals surface area contributed by atoms with Gasteiger partial charge in [0.15, 0.2) is 0 Å². The van der Waals surface area contributed by atoms with Crippen LogP contribution in [0.4, 0.5) is 0 Å². The Labute approximate surface area is 209 Å². The van der Waals surface area contributed by atoms with Crippen LogP contribution in [0, 0.1) is 0 Å². The molecule has 0 fully saturated rings. The molecule has 0 spiro atoms. The fraction of sp³-hybridized carbons (Fsp3) is 0.0588. The van der Waals surface area contributed by atoms with Crippen LogP contribution >= 0.6 is 0 Å². The van der Waals surface area contributed by atoms with Gasteiger partial charge in [-0.3, -0.25) is 4.98 Å². The van der Waals surface area contributed by atoms with Crippen LogP contribution in [-0.2, 0) is 6.42 Å². The molecule has 168 valence electrons. The zero-order chi connectivity index (χ0) is 23.6. The summed E-state index contributed by atoms with van der Waals surface area (Å²) in [5.41, 5.74) is 12.2. The highest BCUT2D eigenvalue weighted by Gasteiger charge is 2.21. The summed E-state index contributed by atoms with van der Waals surface area (Å²) in [7, 11) is 0. The summed E-state index contributed by atoms with van der Waals surface area (Å²) in [6.07, 6.45) is 10.9. The predicted octanol–water partition coefficient (Wildman–Crippen LogP) is 8.63. The molecule has 2 aromatic heterocycles. The largest absolute Gasteiger partial charge is 0.254 e. The van der Waals surface area contributed by atoms with Gasteiger partial charge in [-0.15, -0.1) is 0 Å². The van der Waals surface area contributed by atoms with Crippen molar-refractivity contribution in [3.05, 3.63) is 120 Å². The normalized spacial score (nSPS) is 13.9. The highest BCUT2D eigenvalue weighted by atomic mass is 14.7. The summed E-state index contributed by atoms with van der Waals surface area (Å²) in [6, 6.07) is 30.6. The molecule has 6 aromatic rings. The number of hydrogen-bond acceptors (Lipinski definition) is 2. The number of allylic oxidation sites excluding steroid dienone is 3. The van der Waals surface area contributed by atoms with Crippen LogP contribution in [0.3, 0.4) is 0 Å². The van der Waals surface area contributed by atoms with E-state index in [9.17, 15) is 0 Å². The molecule has 0 atom stereocenters. The maximum atomic E-state index is 5.08. The Morgan fingerprint density at radius 1 is 0.694 bits per heavy atom. The van der Waals surface area contributed by atoms with Crippen LogP contribution in [0.1, 0.15) is 23.1 Å². The van der Waals surface area contributed by atoms with E-state index in [2.05, 4.69) is 102 Å². The minimum absolute atomic E-state index is 0.951. The lowest BCUT2D eigenvalue weighted by molar-refractivity contribution is 1.23. The molecular weight excluding hydrogens is 436 g/mol. The van der Waals surface area contributed by atoms with Gasteiger partial charge in [0.05, 0.1) is 16.7 Å². The van der Waals surface area contributed by atoms with Crippen molar-refractivity contribution < 1.29 is 0 Å². The van der Waals surface area contributed by atoms with E-state index in [1.165, 1.54) is 44.2 Å². The van der Waals surface area contributed by atoms with E-state index in [1.54, 1.807) is 0 Å². The van der Waals surface area contributed by atoms with Crippen LogP contribution in [-0.4, -0.2) is 9.97 Å². The summed E-state index contributed by atoms with van der Waals surface area (Å²) < 4.78 is 0. The molecule has 2 heteroatoms. The average Bonchev–Trinajstić information content (AvgIpc) is 2.95. The van der Waals surface area contributed by atoms with E-state index in [-0.39, 0.29) is 0 Å². The predicted molar refractivity (Wildman–Crippen MR) is 151 cm³/mol. The monoisotopic (exact) mass is 458 g/mol. The van der Waals surface area contributed by atoms with Crippen molar-refractivity contribution >= 4 is 44.2 Å². The van der Waals surface area contributed by atoms with Gasteiger partial charge in [0.1, 0.15) is 0 Å². The van der Waals surface area contributed by atoms with Crippen molar-refractivity contribution in [1.29, 1.82) is 0 Å². The molecule has 2 nitrogen and oxygen atoms in total. The Balaban J connectivity index is 1.31. The van der Waals surface area contributed by atoms with Gasteiger partial charge in [0.2, 0.25) is 0 Å². The van der Waals surface area contributed by atoms with E-state index in [1.807, 2.05) is 12.3 Å². The van der Waals surface area contributed by atoms with E-state index in [0.717, 1.165) is 45.9 Å². The lowest BCUT2D eigenvalue weighted by Crippen LogP contribution is -2.03.